The Kier molecular flexibility index (Phi) is 7.54. The molecule has 4 rings (SSSR count). The van der Waals surface area contributed by atoms with Gasteiger partial charge in [-0.3, -0.25) is 4.79 Å². The van der Waals surface area contributed by atoms with E-state index in [1.807, 2.05) is 24.3 Å². The van der Waals surface area contributed by atoms with Gasteiger partial charge >= 0.3 is 0 Å². The van der Waals surface area contributed by atoms with Crippen LogP contribution in [0.3, 0.4) is 0 Å². The molecule has 1 heterocycles. The van der Waals surface area contributed by atoms with Crippen LogP contribution >= 0.6 is 23.1 Å². The minimum Gasteiger partial charge on any atom is -0.493 e. The number of thiazole rings is 1. The van der Waals surface area contributed by atoms with Gasteiger partial charge in [0.25, 0.3) is 0 Å². The number of anilines is 1. The summed E-state index contributed by atoms with van der Waals surface area (Å²) in [6, 6.07) is 17.4. The highest BCUT2D eigenvalue weighted by atomic mass is 32.2. The summed E-state index contributed by atoms with van der Waals surface area (Å²) in [6.45, 7) is 0.248. The van der Waals surface area contributed by atoms with Crippen LogP contribution in [-0.4, -0.2) is 38.0 Å². The lowest BCUT2D eigenvalue weighted by Crippen LogP contribution is -2.32. The summed E-state index contributed by atoms with van der Waals surface area (Å²) >= 11 is 2.94. The molecule has 34 heavy (non-hydrogen) atoms. The van der Waals surface area contributed by atoms with Crippen molar-refractivity contribution in [3.8, 4) is 17.2 Å². The Balaban J connectivity index is 1.64. The fourth-order valence-electron chi connectivity index (χ4n) is 3.43. The smallest absolute Gasteiger partial charge is 0.237 e. The van der Waals surface area contributed by atoms with E-state index in [-0.39, 0.29) is 24.0 Å². The van der Waals surface area contributed by atoms with Crippen molar-refractivity contribution >= 4 is 44.9 Å². The maximum Gasteiger partial charge on any atom is 0.237 e. The number of fused-ring (bicyclic) bond motifs is 1. The fraction of sp³-hybridized carbons (Fsp3) is 0.200. The van der Waals surface area contributed by atoms with Crippen LogP contribution in [0.5, 0.6) is 17.2 Å². The van der Waals surface area contributed by atoms with Crippen molar-refractivity contribution in [2.45, 2.75) is 10.9 Å². The molecule has 0 spiro atoms. The summed E-state index contributed by atoms with van der Waals surface area (Å²) in [4.78, 5) is 19.7. The second-order valence-corrected chi connectivity index (χ2v) is 9.48. The molecule has 0 aliphatic rings. The average molecular weight is 499 g/mol. The van der Waals surface area contributed by atoms with E-state index < -0.39 is 0 Å². The van der Waals surface area contributed by atoms with Gasteiger partial charge in [0.05, 0.1) is 49.5 Å². The lowest BCUT2D eigenvalue weighted by molar-refractivity contribution is -0.116. The Morgan fingerprint density at radius 3 is 2.29 bits per heavy atom. The second-order valence-electron chi connectivity index (χ2n) is 7.23. The number of hydrogen-bond acceptors (Lipinski definition) is 7. The Hall–Kier alpha value is -3.30. The van der Waals surface area contributed by atoms with Crippen molar-refractivity contribution in [3.05, 3.63) is 72.0 Å². The molecule has 4 aromatic rings. The van der Waals surface area contributed by atoms with E-state index in [1.165, 1.54) is 45.2 Å². The van der Waals surface area contributed by atoms with Crippen LogP contribution in [0.25, 0.3) is 10.2 Å². The van der Waals surface area contributed by atoms with E-state index in [0.29, 0.717) is 22.9 Å². The predicted molar refractivity (Wildman–Crippen MR) is 134 cm³/mol. The normalized spacial score (nSPS) is 10.8. The van der Waals surface area contributed by atoms with Crippen molar-refractivity contribution in [2.24, 2.45) is 0 Å². The highest BCUT2D eigenvalue weighted by Gasteiger charge is 2.22. The van der Waals surface area contributed by atoms with Crippen molar-refractivity contribution < 1.29 is 23.4 Å². The van der Waals surface area contributed by atoms with Gasteiger partial charge in [-0.25, -0.2) is 9.37 Å². The minimum absolute atomic E-state index is 0.136. The molecule has 9 heteroatoms. The van der Waals surface area contributed by atoms with Gasteiger partial charge in [0, 0.05) is 12.1 Å². The number of nitrogens with zero attached hydrogens (tertiary/aromatic N) is 2. The third-order valence-electron chi connectivity index (χ3n) is 5.11. The number of methoxy groups -OCH3 is 3. The molecule has 6 nitrogen and oxygen atoms in total. The summed E-state index contributed by atoms with van der Waals surface area (Å²) < 4.78 is 31.7. The Morgan fingerprint density at radius 1 is 1.00 bits per heavy atom. The van der Waals surface area contributed by atoms with E-state index in [4.69, 9.17) is 14.2 Å². The van der Waals surface area contributed by atoms with E-state index in [1.54, 1.807) is 40.5 Å². The molecule has 176 valence electrons. The first-order chi connectivity index (χ1) is 16.5. The van der Waals surface area contributed by atoms with Gasteiger partial charge in [0.15, 0.2) is 15.8 Å². The van der Waals surface area contributed by atoms with Crippen LogP contribution in [-0.2, 0) is 11.3 Å². The van der Waals surface area contributed by atoms with Crippen LogP contribution in [0.2, 0.25) is 0 Å². The minimum atomic E-state index is -0.333. The Morgan fingerprint density at radius 2 is 1.68 bits per heavy atom. The SMILES string of the molecule is COc1cc(N(Cc2ccc(F)cc2)C(=O)CSc2nc3ccccc3s2)cc(OC)c1OC. The first-order valence-electron chi connectivity index (χ1n) is 10.4. The molecule has 1 aromatic heterocycles. The van der Waals surface area contributed by atoms with Crippen molar-refractivity contribution in [2.75, 3.05) is 32.0 Å². The number of amides is 1. The van der Waals surface area contributed by atoms with Crippen molar-refractivity contribution in [3.63, 3.8) is 0 Å². The zero-order valence-corrected chi connectivity index (χ0v) is 20.5. The molecule has 0 fully saturated rings. The number of carbonyl (C=O) groups is 1. The quantitative estimate of drug-likeness (QED) is 0.272. The van der Waals surface area contributed by atoms with Crippen LogP contribution in [0.4, 0.5) is 10.1 Å². The number of halogens is 1. The summed E-state index contributed by atoms with van der Waals surface area (Å²) in [5.74, 6) is 1.02. The summed E-state index contributed by atoms with van der Waals surface area (Å²) in [6.07, 6.45) is 0. The van der Waals surface area contributed by atoms with E-state index in [0.717, 1.165) is 20.1 Å². The Labute approximate surface area is 205 Å². The number of rotatable bonds is 9. The molecule has 0 aliphatic heterocycles. The molecule has 0 unspecified atom stereocenters. The molecule has 0 saturated heterocycles. The van der Waals surface area contributed by atoms with Gasteiger partial charge in [-0.05, 0) is 29.8 Å². The van der Waals surface area contributed by atoms with E-state index >= 15 is 0 Å². The lowest BCUT2D eigenvalue weighted by atomic mass is 10.1. The molecule has 0 atom stereocenters. The molecule has 3 aromatic carbocycles. The molecule has 0 bridgehead atoms. The van der Waals surface area contributed by atoms with Crippen LogP contribution in [0.1, 0.15) is 5.56 Å². The summed E-state index contributed by atoms with van der Waals surface area (Å²) in [5.41, 5.74) is 2.28. The van der Waals surface area contributed by atoms with Gasteiger partial charge in [-0.15, -0.1) is 11.3 Å². The third kappa shape index (κ3) is 5.26. The molecular weight excluding hydrogens is 475 g/mol. The maximum absolute atomic E-state index is 13.5. The zero-order valence-electron chi connectivity index (χ0n) is 18.9. The van der Waals surface area contributed by atoms with Crippen molar-refractivity contribution in [1.82, 2.24) is 4.98 Å². The molecule has 1 amide bonds. The van der Waals surface area contributed by atoms with Crippen LogP contribution in [0.15, 0.2) is 65.0 Å². The topological polar surface area (TPSA) is 60.9 Å². The molecule has 0 saturated carbocycles. The van der Waals surface area contributed by atoms with Gasteiger partial charge < -0.3 is 19.1 Å². The van der Waals surface area contributed by atoms with Crippen LogP contribution in [0, 0.1) is 5.82 Å². The largest absolute Gasteiger partial charge is 0.493 e. The number of ether oxygens (including phenoxy) is 3. The highest BCUT2D eigenvalue weighted by molar-refractivity contribution is 8.01. The third-order valence-corrected chi connectivity index (χ3v) is 7.27. The first kappa shape index (κ1) is 23.8. The number of para-hydroxylation sites is 1. The predicted octanol–water partition coefficient (Wildman–Crippen LogP) is 5.79. The number of benzene rings is 3. The van der Waals surface area contributed by atoms with E-state index in [9.17, 15) is 9.18 Å². The lowest BCUT2D eigenvalue weighted by Gasteiger charge is -2.25. The van der Waals surface area contributed by atoms with Gasteiger partial charge in [-0.2, -0.15) is 0 Å². The number of hydrogen-bond donors (Lipinski definition) is 0. The average Bonchev–Trinajstić information content (AvgIpc) is 3.29. The molecule has 0 aliphatic carbocycles. The van der Waals surface area contributed by atoms with Gasteiger partial charge in [0.2, 0.25) is 11.7 Å². The maximum atomic E-state index is 13.5. The van der Waals surface area contributed by atoms with Crippen molar-refractivity contribution in [1.29, 1.82) is 0 Å². The van der Waals surface area contributed by atoms with E-state index in [2.05, 4.69) is 4.98 Å². The molecular formula is C25H23FN2O4S2. The molecule has 0 N–H and O–H groups in total. The standard InChI is InChI=1S/C25H23FN2O4S2/c1-30-20-12-18(13-21(31-2)24(20)32-3)28(14-16-8-10-17(26)11-9-16)23(29)15-33-25-27-19-6-4-5-7-22(19)34-25/h4-13H,14-15H2,1-3H3. The Bertz CT molecular complexity index is 1240. The number of aromatic nitrogens is 1. The molecule has 0 radical (unpaired) electrons. The first-order valence-corrected chi connectivity index (χ1v) is 12.2. The monoisotopic (exact) mass is 498 g/mol. The van der Waals surface area contributed by atoms with Crippen LogP contribution < -0.4 is 19.1 Å². The zero-order chi connectivity index (χ0) is 24.1. The summed E-state index contributed by atoms with van der Waals surface area (Å²) in [7, 11) is 4.57. The highest BCUT2D eigenvalue weighted by Crippen LogP contribution is 2.41. The second kappa shape index (κ2) is 10.8. The number of carbonyl (C=O) groups excluding carboxylic acids is 1. The summed E-state index contributed by atoms with van der Waals surface area (Å²) in [5, 5.41) is 0. The van der Waals surface area contributed by atoms with Gasteiger partial charge in [-0.1, -0.05) is 36.0 Å². The van der Waals surface area contributed by atoms with Gasteiger partial charge in [0.1, 0.15) is 5.82 Å². The fourth-order valence-corrected chi connectivity index (χ4v) is 5.38. The number of thioether (sulfide) groups is 1.